The van der Waals surface area contributed by atoms with Crippen molar-refractivity contribution in [3.8, 4) is 22.8 Å². The molecular formula is C28H18ClN3O2. The Balaban J connectivity index is 1.33. The SMILES string of the molecule is CC1C=Cc2c(oc3cc(-c4nc(Cl)nc(-c5ccc6c(c5)oc5ccccc56)n4)ccc23)C1. The minimum atomic E-state index is 0.139. The molecule has 1 aliphatic rings. The van der Waals surface area contributed by atoms with Crippen LogP contribution in [0.15, 0.2) is 75.6 Å². The molecule has 1 aliphatic carbocycles. The summed E-state index contributed by atoms with van der Waals surface area (Å²) >= 11 is 6.33. The first-order valence-electron chi connectivity index (χ1n) is 11.2. The highest BCUT2D eigenvalue weighted by Crippen LogP contribution is 2.35. The summed E-state index contributed by atoms with van der Waals surface area (Å²) in [5, 5.41) is 3.37. The molecule has 0 spiro atoms. The highest BCUT2D eigenvalue weighted by atomic mass is 35.5. The summed E-state index contributed by atoms with van der Waals surface area (Å²) in [6, 6.07) is 20.0. The normalized spacial score (nSPS) is 15.4. The largest absolute Gasteiger partial charge is 0.460 e. The van der Waals surface area contributed by atoms with E-state index < -0.39 is 0 Å². The third-order valence-electron chi connectivity index (χ3n) is 6.41. The lowest BCUT2D eigenvalue weighted by atomic mass is 9.95. The van der Waals surface area contributed by atoms with Crippen LogP contribution in [0.2, 0.25) is 5.28 Å². The van der Waals surface area contributed by atoms with Crippen molar-refractivity contribution in [2.75, 3.05) is 0 Å². The van der Waals surface area contributed by atoms with E-state index in [1.54, 1.807) is 0 Å². The van der Waals surface area contributed by atoms with E-state index in [4.69, 9.17) is 25.4 Å². The van der Waals surface area contributed by atoms with Crippen LogP contribution in [0.5, 0.6) is 0 Å². The zero-order valence-corrected chi connectivity index (χ0v) is 19.0. The standard InChI is InChI=1S/C28H18ClN3O2/c1-15-6-9-19-21-11-8-17(14-25(21)34-23(19)12-15)27-30-26(31-28(29)32-27)16-7-10-20-18-4-2-3-5-22(18)33-24(20)13-16/h2-11,13-15H,12H2,1H3. The maximum Gasteiger partial charge on any atom is 0.226 e. The van der Waals surface area contributed by atoms with Crippen LogP contribution in [-0.2, 0) is 6.42 Å². The van der Waals surface area contributed by atoms with Gasteiger partial charge in [-0.15, -0.1) is 0 Å². The molecule has 7 rings (SSSR count). The quantitative estimate of drug-likeness (QED) is 0.263. The molecule has 34 heavy (non-hydrogen) atoms. The number of furan rings is 2. The fraction of sp³-hybridized carbons (Fsp3) is 0.107. The van der Waals surface area contributed by atoms with Gasteiger partial charge in [-0.3, -0.25) is 0 Å². The van der Waals surface area contributed by atoms with Crippen LogP contribution in [0.4, 0.5) is 0 Å². The van der Waals surface area contributed by atoms with Crippen molar-refractivity contribution in [1.82, 2.24) is 15.0 Å². The Morgan fingerprint density at radius 2 is 1.44 bits per heavy atom. The van der Waals surface area contributed by atoms with E-state index in [0.717, 1.165) is 61.8 Å². The van der Waals surface area contributed by atoms with Crippen LogP contribution in [0, 0.1) is 5.92 Å². The molecule has 0 fully saturated rings. The van der Waals surface area contributed by atoms with Crippen molar-refractivity contribution < 1.29 is 8.83 Å². The number of halogens is 1. The second-order valence-corrected chi connectivity index (χ2v) is 9.09. The van der Waals surface area contributed by atoms with Gasteiger partial charge >= 0.3 is 0 Å². The van der Waals surface area contributed by atoms with Gasteiger partial charge in [0.25, 0.3) is 0 Å². The highest BCUT2D eigenvalue weighted by Gasteiger charge is 2.19. The van der Waals surface area contributed by atoms with Gasteiger partial charge in [0.1, 0.15) is 22.5 Å². The van der Waals surface area contributed by atoms with Crippen molar-refractivity contribution in [2.45, 2.75) is 13.3 Å². The molecule has 6 aromatic rings. The first-order valence-corrected chi connectivity index (χ1v) is 11.6. The van der Waals surface area contributed by atoms with Crippen LogP contribution in [0.1, 0.15) is 18.2 Å². The molecule has 0 saturated carbocycles. The zero-order valence-electron chi connectivity index (χ0n) is 18.2. The van der Waals surface area contributed by atoms with Crippen LogP contribution >= 0.6 is 11.6 Å². The Hall–Kier alpha value is -3.96. The van der Waals surface area contributed by atoms with E-state index in [0.29, 0.717) is 17.6 Å². The Kier molecular flexibility index (Phi) is 4.17. The van der Waals surface area contributed by atoms with Gasteiger partial charge in [-0.25, -0.2) is 4.98 Å². The number of rotatable bonds is 2. The van der Waals surface area contributed by atoms with Gasteiger partial charge in [-0.05, 0) is 47.9 Å². The molecule has 0 bridgehead atoms. The molecule has 164 valence electrons. The predicted molar refractivity (Wildman–Crippen MR) is 135 cm³/mol. The number of hydrogen-bond acceptors (Lipinski definition) is 5. The third kappa shape index (κ3) is 3.05. The monoisotopic (exact) mass is 463 g/mol. The predicted octanol–water partition coefficient (Wildman–Crippen LogP) is 7.71. The average molecular weight is 464 g/mol. The number of nitrogens with zero attached hydrogens (tertiary/aromatic N) is 3. The minimum Gasteiger partial charge on any atom is -0.460 e. The summed E-state index contributed by atoms with van der Waals surface area (Å²) in [7, 11) is 0. The zero-order chi connectivity index (χ0) is 22.8. The maximum absolute atomic E-state index is 6.33. The van der Waals surface area contributed by atoms with E-state index in [1.165, 1.54) is 0 Å². The number of hydrogen-bond donors (Lipinski definition) is 0. The van der Waals surface area contributed by atoms with Crippen molar-refractivity contribution in [3.63, 3.8) is 0 Å². The summed E-state index contributed by atoms with van der Waals surface area (Å²) in [5.74, 6) is 2.49. The Labute approximate surface area is 199 Å². The van der Waals surface area contributed by atoms with Gasteiger partial charge in [0, 0.05) is 39.3 Å². The molecular weight excluding hydrogens is 446 g/mol. The van der Waals surface area contributed by atoms with Crippen LogP contribution in [-0.4, -0.2) is 15.0 Å². The minimum absolute atomic E-state index is 0.139. The average Bonchev–Trinajstić information content (AvgIpc) is 3.40. The maximum atomic E-state index is 6.33. The molecule has 5 nitrogen and oxygen atoms in total. The number of fused-ring (bicyclic) bond motifs is 6. The van der Waals surface area contributed by atoms with E-state index in [9.17, 15) is 0 Å². The highest BCUT2D eigenvalue weighted by molar-refractivity contribution is 6.28. The smallest absolute Gasteiger partial charge is 0.226 e. The summed E-state index contributed by atoms with van der Waals surface area (Å²) in [4.78, 5) is 13.5. The lowest BCUT2D eigenvalue weighted by molar-refractivity contribution is 0.513. The van der Waals surface area contributed by atoms with E-state index >= 15 is 0 Å². The number of benzene rings is 3. The summed E-state index contributed by atoms with van der Waals surface area (Å²) in [6.45, 7) is 2.19. The van der Waals surface area contributed by atoms with E-state index in [1.807, 2.05) is 48.5 Å². The molecule has 3 aromatic heterocycles. The lowest BCUT2D eigenvalue weighted by Gasteiger charge is -2.09. The molecule has 0 N–H and O–H groups in total. The molecule has 1 atom stereocenters. The molecule has 3 heterocycles. The third-order valence-corrected chi connectivity index (χ3v) is 6.58. The molecule has 0 amide bonds. The van der Waals surface area contributed by atoms with Gasteiger partial charge < -0.3 is 8.83 Å². The van der Waals surface area contributed by atoms with Gasteiger partial charge in [-0.2, -0.15) is 9.97 Å². The van der Waals surface area contributed by atoms with E-state index in [-0.39, 0.29) is 5.28 Å². The van der Waals surface area contributed by atoms with Crippen molar-refractivity contribution in [1.29, 1.82) is 0 Å². The number of para-hydroxylation sites is 1. The molecule has 0 aliphatic heterocycles. The van der Waals surface area contributed by atoms with Crippen molar-refractivity contribution in [2.24, 2.45) is 5.92 Å². The summed E-state index contributed by atoms with van der Waals surface area (Å²) < 4.78 is 12.2. The van der Waals surface area contributed by atoms with Gasteiger partial charge in [-0.1, -0.05) is 49.4 Å². The fourth-order valence-corrected chi connectivity index (χ4v) is 4.89. The second kappa shape index (κ2) is 7.27. The van der Waals surface area contributed by atoms with Crippen molar-refractivity contribution >= 4 is 50.6 Å². The van der Waals surface area contributed by atoms with Gasteiger partial charge in [0.15, 0.2) is 11.6 Å². The number of allylic oxidation sites excluding steroid dienone is 1. The van der Waals surface area contributed by atoms with Crippen molar-refractivity contribution in [3.05, 3.63) is 83.3 Å². The summed E-state index contributed by atoms with van der Waals surface area (Å²) in [5.41, 5.74) is 5.25. The first-order chi connectivity index (χ1) is 16.6. The van der Waals surface area contributed by atoms with Crippen LogP contribution < -0.4 is 0 Å². The Morgan fingerprint density at radius 1 is 0.765 bits per heavy atom. The molecule has 1 unspecified atom stereocenters. The molecule has 6 heteroatoms. The van der Waals surface area contributed by atoms with Crippen LogP contribution in [0.3, 0.4) is 0 Å². The second-order valence-electron chi connectivity index (χ2n) is 8.75. The summed E-state index contributed by atoms with van der Waals surface area (Å²) in [6.07, 6.45) is 5.28. The molecule has 0 saturated heterocycles. The van der Waals surface area contributed by atoms with Gasteiger partial charge in [0.05, 0.1) is 0 Å². The van der Waals surface area contributed by atoms with E-state index in [2.05, 4.69) is 41.2 Å². The molecule has 0 radical (unpaired) electrons. The lowest BCUT2D eigenvalue weighted by Crippen LogP contribution is -2.00. The fourth-order valence-electron chi connectivity index (χ4n) is 4.73. The Bertz CT molecular complexity index is 1780. The first kappa shape index (κ1) is 19.5. The number of aromatic nitrogens is 3. The Morgan fingerprint density at radius 3 is 2.24 bits per heavy atom. The van der Waals surface area contributed by atoms with Gasteiger partial charge in [0.2, 0.25) is 5.28 Å². The van der Waals surface area contributed by atoms with Crippen LogP contribution in [0.25, 0.3) is 61.8 Å². The molecule has 3 aromatic carbocycles. The topological polar surface area (TPSA) is 65.0 Å².